The molecule has 1 atom stereocenters. The molecule has 0 fully saturated rings. The van der Waals surface area contributed by atoms with Crippen LogP contribution in [0.1, 0.15) is 30.9 Å². The molecule has 0 saturated heterocycles. The minimum Gasteiger partial charge on any atom is -0.496 e. The van der Waals surface area contributed by atoms with Crippen LogP contribution in [0.15, 0.2) is 84.9 Å². The first-order valence-corrected chi connectivity index (χ1v) is 11.8. The van der Waals surface area contributed by atoms with Crippen molar-refractivity contribution in [1.82, 2.24) is 5.32 Å². The summed E-state index contributed by atoms with van der Waals surface area (Å²) in [6.45, 7) is 1.96. The summed E-state index contributed by atoms with van der Waals surface area (Å²) < 4.78 is 10.5. The lowest BCUT2D eigenvalue weighted by molar-refractivity contribution is -0.144. The van der Waals surface area contributed by atoms with Crippen molar-refractivity contribution >= 4 is 35.2 Å². The summed E-state index contributed by atoms with van der Waals surface area (Å²) >= 11 is 0. The first-order chi connectivity index (χ1) is 17.5. The minimum absolute atomic E-state index is 0.0347. The van der Waals surface area contributed by atoms with Gasteiger partial charge in [0, 0.05) is 29.3 Å². The van der Waals surface area contributed by atoms with Crippen molar-refractivity contribution in [3.63, 3.8) is 0 Å². The van der Waals surface area contributed by atoms with Crippen molar-refractivity contribution in [3.8, 4) is 5.75 Å². The number of anilines is 2. The SMILES string of the molecule is CCOC(=O)CCC1(NC(=O)C=Cc2ccccc2OC)C(=O)N(c2ccccc2)c2ccccc21. The van der Waals surface area contributed by atoms with E-state index >= 15 is 0 Å². The van der Waals surface area contributed by atoms with Gasteiger partial charge in [0.2, 0.25) is 5.91 Å². The van der Waals surface area contributed by atoms with Crippen LogP contribution in [0.2, 0.25) is 0 Å². The van der Waals surface area contributed by atoms with E-state index in [0.29, 0.717) is 22.7 Å². The molecule has 184 valence electrons. The summed E-state index contributed by atoms with van der Waals surface area (Å²) in [5.41, 5.74) is 1.24. The number of hydrogen-bond acceptors (Lipinski definition) is 5. The maximum absolute atomic E-state index is 14.1. The Morgan fingerprint density at radius 1 is 0.972 bits per heavy atom. The molecule has 1 heterocycles. The van der Waals surface area contributed by atoms with Crippen LogP contribution in [-0.2, 0) is 24.7 Å². The third kappa shape index (κ3) is 4.86. The number of carbonyl (C=O) groups is 3. The maximum Gasteiger partial charge on any atom is 0.305 e. The van der Waals surface area contributed by atoms with Gasteiger partial charge in [-0.05, 0) is 43.7 Å². The van der Waals surface area contributed by atoms with Gasteiger partial charge in [-0.15, -0.1) is 0 Å². The molecule has 0 spiro atoms. The molecular weight excluding hydrogens is 456 g/mol. The average molecular weight is 485 g/mol. The summed E-state index contributed by atoms with van der Waals surface area (Å²) in [7, 11) is 1.56. The standard InChI is InChI=1S/C29H28N2O5/c1-3-36-27(33)19-20-29(30-26(32)18-17-21-11-7-10-16-25(21)35-2)23-14-8-9-15-24(23)31(28(29)34)22-12-5-4-6-13-22/h4-18H,3,19-20H2,1-2H3,(H,30,32). The Bertz CT molecular complexity index is 1290. The van der Waals surface area contributed by atoms with Gasteiger partial charge in [-0.2, -0.15) is 0 Å². The van der Waals surface area contributed by atoms with E-state index in [4.69, 9.17) is 9.47 Å². The number of methoxy groups -OCH3 is 1. The number of para-hydroxylation sites is 3. The fourth-order valence-electron chi connectivity index (χ4n) is 4.45. The Hall–Kier alpha value is -4.39. The van der Waals surface area contributed by atoms with Crippen molar-refractivity contribution in [2.45, 2.75) is 25.3 Å². The number of esters is 1. The zero-order valence-corrected chi connectivity index (χ0v) is 20.3. The number of rotatable bonds is 9. The highest BCUT2D eigenvalue weighted by Crippen LogP contribution is 2.46. The van der Waals surface area contributed by atoms with E-state index in [1.54, 1.807) is 31.1 Å². The van der Waals surface area contributed by atoms with Crippen molar-refractivity contribution in [2.24, 2.45) is 0 Å². The second-order valence-corrected chi connectivity index (χ2v) is 8.27. The Morgan fingerprint density at radius 2 is 1.67 bits per heavy atom. The van der Waals surface area contributed by atoms with E-state index in [2.05, 4.69) is 5.32 Å². The quantitative estimate of drug-likeness (QED) is 0.350. The highest BCUT2D eigenvalue weighted by molar-refractivity contribution is 6.14. The van der Waals surface area contributed by atoms with Gasteiger partial charge in [0.1, 0.15) is 11.3 Å². The van der Waals surface area contributed by atoms with Gasteiger partial charge < -0.3 is 14.8 Å². The molecule has 1 aliphatic rings. The van der Waals surface area contributed by atoms with E-state index in [1.807, 2.05) is 72.8 Å². The lowest BCUT2D eigenvalue weighted by Gasteiger charge is -2.29. The second-order valence-electron chi connectivity index (χ2n) is 8.27. The lowest BCUT2D eigenvalue weighted by Crippen LogP contribution is -2.52. The normalized spacial score (nSPS) is 16.6. The van der Waals surface area contributed by atoms with Crippen LogP contribution in [0, 0.1) is 0 Å². The lowest BCUT2D eigenvalue weighted by atomic mass is 9.86. The number of nitrogens with one attached hydrogen (secondary N) is 1. The van der Waals surface area contributed by atoms with Crippen LogP contribution in [0.4, 0.5) is 11.4 Å². The molecule has 0 radical (unpaired) electrons. The predicted octanol–water partition coefficient (Wildman–Crippen LogP) is 4.74. The predicted molar refractivity (Wildman–Crippen MR) is 138 cm³/mol. The molecule has 0 aromatic heterocycles. The molecule has 3 aromatic rings. The van der Waals surface area contributed by atoms with Crippen molar-refractivity contribution < 1.29 is 23.9 Å². The van der Waals surface area contributed by atoms with E-state index in [9.17, 15) is 14.4 Å². The van der Waals surface area contributed by atoms with Crippen LogP contribution >= 0.6 is 0 Å². The van der Waals surface area contributed by atoms with Crippen molar-refractivity contribution in [2.75, 3.05) is 18.6 Å². The summed E-state index contributed by atoms with van der Waals surface area (Å²) in [5.74, 6) is -0.615. The molecule has 0 aliphatic carbocycles. The molecule has 1 aliphatic heterocycles. The largest absolute Gasteiger partial charge is 0.496 e. The molecular formula is C29H28N2O5. The zero-order chi connectivity index (χ0) is 25.5. The number of hydrogen-bond donors (Lipinski definition) is 1. The van der Waals surface area contributed by atoms with Crippen LogP contribution in [0.25, 0.3) is 6.08 Å². The fourth-order valence-corrected chi connectivity index (χ4v) is 4.45. The number of nitrogens with zero attached hydrogens (tertiary/aromatic N) is 1. The average Bonchev–Trinajstić information content (AvgIpc) is 3.14. The van der Waals surface area contributed by atoms with Crippen LogP contribution in [0.3, 0.4) is 0 Å². The van der Waals surface area contributed by atoms with Crippen molar-refractivity contribution in [3.05, 3.63) is 96.1 Å². The third-order valence-corrected chi connectivity index (χ3v) is 6.09. The molecule has 1 N–H and O–H groups in total. The number of benzene rings is 3. The van der Waals surface area contributed by atoms with Gasteiger partial charge in [0.15, 0.2) is 0 Å². The topological polar surface area (TPSA) is 84.9 Å². The molecule has 3 aromatic carbocycles. The van der Waals surface area contributed by atoms with Gasteiger partial charge in [-0.1, -0.05) is 54.6 Å². The van der Waals surface area contributed by atoms with Crippen LogP contribution in [0.5, 0.6) is 5.75 Å². The second kappa shape index (κ2) is 10.9. The van der Waals surface area contributed by atoms with E-state index in [-0.39, 0.29) is 25.4 Å². The Balaban J connectivity index is 1.72. The Morgan fingerprint density at radius 3 is 2.42 bits per heavy atom. The Kier molecular flexibility index (Phi) is 7.49. The monoisotopic (exact) mass is 484 g/mol. The van der Waals surface area contributed by atoms with Crippen LogP contribution < -0.4 is 15.0 Å². The highest BCUT2D eigenvalue weighted by atomic mass is 16.5. The third-order valence-electron chi connectivity index (χ3n) is 6.09. The van der Waals surface area contributed by atoms with Gasteiger partial charge in [-0.25, -0.2) is 0 Å². The highest BCUT2D eigenvalue weighted by Gasteiger charge is 2.52. The van der Waals surface area contributed by atoms with E-state index in [1.165, 1.54) is 6.08 Å². The summed E-state index contributed by atoms with van der Waals surface area (Å²) in [6, 6.07) is 23.8. The zero-order valence-electron chi connectivity index (χ0n) is 20.3. The molecule has 2 amide bonds. The summed E-state index contributed by atoms with van der Waals surface area (Å²) in [6.07, 6.45) is 3.02. The molecule has 0 bridgehead atoms. The minimum atomic E-state index is -1.44. The first kappa shape index (κ1) is 24.7. The number of ether oxygens (including phenoxy) is 2. The first-order valence-electron chi connectivity index (χ1n) is 11.8. The number of carbonyl (C=O) groups excluding carboxylic acids is 3. The number of fused-ring (bicyclic) bond motifs is 1. The Labute approximate surface area is 210 Å². The smallest absolute Gasteiger partial charge is 0.305 e. The summed E-state index contributed by atoms with van der Waals surface area (Å²) in [5, 5.41) is 2.94. The molecule has 0 saturated carbocycles. The molecule has 7 heteroatoms. The van der Waals surface area contributed by atoms with Gasteiger partial charge in [0.25, 0.3) is 5.91 Å². The molecule has 1 unspecified atom stereocenters. The van der Waals surface area contributed by atoms with Gasteiger partial charge >= 0.3 is 5.97 Å². The maximum atomic E-state index is 14.1. The van der Waals surface area contributed by atoms with Gasteiger partial charge in [-0.3, -0.25) is 19.3 Å². The van der Waals surface area contributed by atoms with Crippen LogP contribution in [-0.4, -0.2) is 31.5 Å². The molecule has 36 heavy (non-hydrogen) atoms. The fraction of sp³-hybridized carbons (Fsp3) is 0.207. The number of amides is 2. The molecule has 4 rings (SSSR count). The molecule has 7 nitrogen and oxygen atoms in total. The van der Waals surface area contributed by atoms with Gasteiger partial charge in [0.05, 0.1) is 19.4 Å². The van der Waals surface area contributed by atoms with E-state index in [0.717, 1.165) is 5.56 Å². The summed E-state index contributed by atoms with van der Waals surface area (Å²) in [4.78, 5) is 41.2. The van der Waals surface area contributed by atoms with E-state index < -0.39 is 17.4 Å². The van der Waals surface area contributed by atoms with Crippen molar-refractivity contribution in [1.29, 1.82) is 0 Å².